The molecule has 0 aliphatic carbocycles. The van der Waals surface area contributed by atoms with Crippen molar-refractivity contribution in [2.24, 2.45) is 0 Å². The highest BCUT2D eigenvalue weighted by Crippen LogP contribution is 2.46. The van der Waals surface area contributed by atoms with Crippen molar-refractivity contribution < 1.29 is 22.5 Å². The van der Waals surface area contributed by atoms with Crippen LogP contribution >= 0.6 is 0 Å². The molecule has 7 heteroatoms. The van der Waals surface area contributed by atoms with Gasteiger partial charge in [-0.2, -0.15) is 13.2 Å². The molecule has 0 spiro atoms. The van der Waals surface area contributed by atoms with E-state index >= 15 is 0 Å². The van der Waals surface area contributed by atoms with E-state index in [-0.39, 0.29) is 28.9 Å². The maximum Gasteiger partial charge on any atom is 0.433 e. The first-order chi connectivity index (χ1) is 9.29. The van der Waals surface area contributed by atoms with E-state index in [1.807, 2.05) is 0 Å². The van der Waals surface area contributed by atoms with Gasteiger partial charge in [-0.25, -0.2) is 0 Å². The molecular formula is C13H14F3NO2S. The largest absolute Gasteiger partial charge is 0.433 e. The maximum atomic E-state index is 12.7. The summed E-state index contributed by atoms with van der Waals surface area (Å²) in [5, 5.41) is 10.5. The highest BCUT2D eigenvalue weighted by Gasteiger charge is 2.48. The molecule has 3 heterocycles. The van der Waals surface area contributed by atoms with E-state index in [4.69, 9.17) is 0 Å². The molecule has 0 radical (unpaired) electrons. The molecule has 110 valence electrons. The van der Waals surface area contributed by atoms with Gasteiger partial charge in [0, 0.05) is 27.5 Å². The van der Waals surface area contributed by atoms with Crippen molar-refractivity contribution >= 4 is 10.8 Å². The van der Waals surface area contributed by atoms with E-state index in [9.17, 15) is 22.5 Å². The van der Waals surface area contributed by atoms with Crippen molar-refractivity contribution in [1.29, 1.82) is 0 Å². The average molecular weight is 305 g/mol. The molecular weight excluding hydrogens is 291 g/mol. The molecule has 20 heavy (non-hydrogen) atoms. The Hall–Kier alpha value is -0.950. The number of halogens is 3. The van der Waals surface area contributed by atoms with Gasteiger partial charge in [0.2, 0.25) is 0 Å². The number of aliphatic hydroxyl groups is 1. The minimum Gasteiger partial charge on any atom is -0.385 e. The van der Waals surface area contributed by atoms with Crippen molar-refractivity contribution in [2.75, 3.05) is 0 Å². The Kier molecular flexibility index (Phi) is 3.17. The third-order valence-corrected chi connectivity index (χ3v) is 6.30. The summed E-state index contributed by atoms with van der Waals surface area (Å²) < 4.78 is 50.0. The summed E-state index contributed by atoms with van der Waals surface area (Å²) in [7, 11) is -0.959. The van der Waals surface area contributed by atoms with Crippen LogP contribution in [0.4, 0.5) is 13.2 Å². The Bertz CT molecular complexity index is 545. The van der Waals surface area contributed by atoms with Crippen LogP contribution in [0.1, 0.15) is 36.9 Å². The predicted octanol–water partition coefficient (Wildman–Crippen LogP) is 2.36. The third-order valence-electron chi connectivity index (χ3n) is 4.19. The second kappa shape index (κ2) is 4.53. The Morgan fingerprint density at radius 3 is 2.45 bits per heavy atom. The maximum absolute atomic E-state index is 12.7. The van der Waals surface area contributed by atoms with Crippen LogP contribution in [0, 0.1) is 0 Å². The lowest BCUT2D eigenvalue weighted by atomic mass is 9.86. The molecule has 2 saturated heterocycles. The zero-order valence-corrected chi connectivity index (χ0v) is 11.4. The lowest BCUT2D eigenvalue weighted by Crippen LogP contribution is -2.40. The second-order valence-electron chi connectivity index (χ2n) is 5.52. The van der Waals surface area contributed by atoms with Crippen molar-refractivity contribution in [3.8, 4) is 0 Å². The number of aromatic nitrogens is 1. The van der Waals surface area contributed by atoms with Crippen LogP contribution in [0.5, 0.6) is 0 Å². The Labute approximate surface area is 116 Å². The van der Waals surface area contributed by atoms with Crippen molar-refractivity contribution in [1.82, 2.24) is 4.98 Å². The van der Waals surface area contributed by atoms with Crippen molar-refractivity contribution in [3.05, 3.63) is 29.6 Å². The summed E-state index contributed by atoms with van der Waals surface area (Å²) in [6.45, 7) is 0. The summed E-state index contributed by atoms with van der Waals surface area (Å²) in [5.74, 6) is 0. The fourth-order valence-electron chi connectivity index (χ4n) is 3.19. The molecule has 2 aliphatic rings. The number of hydrogen-bond acceptors (Lipinski definition) is 3. The van der Waals surface area contributed by atoms with E-state index < -0.39 is 28.3 Å². The van der Waals surface area contributed by atoms with Crippen LogP contribution in [-0.4, -0.2) is 24.8 Å². The molecule has 1 N–H and O–H groups in total. The lowest BCUT2D eigenvalue weighted by Gasteiger charge is -2.36. The first-order valence-electron chi connectivity index (χ1n) is 6.45. The van der Waals surface area contributed by atoms with E-state index in [1.165, 1.54) is 6.07 Å². The third kappa shape index (κ3) is 2.26. The molecule has 0 saturated carbocycles. The molecule has 0 aromatic carbocycles. The Morgan fingerprint density at radius 2 is 1.90 bits per heavy atom. The number of hydrogen-bond donors (Lipinski definition) is 1. The molecule has 2 fully saturated rings. The first-order valence-corrected chi connectivity index (χ1v) is 7.73. The van der Waals surface area contributed by atoms with E-state index in [0.717, 1.165) is 25.1 Å². The van der Waals surface area contributed by atoms with Gasteiger partial charge < -0.3 is 5.11 Å². The van der Waals surface area contributed by atoms with Crippen molar-refractivity contribution in [2.45, 2.75) is 48.0 Å². The standard InChI is InChI=1S/C13H14F3NO2S/c14-13(15,16)11-5-8(3-4-17-11)12(18)6-9-1-2-10(7-12)20(9)19/h3-5,9-10,18H,1-2,6-7H2. The summed E-state index contributed by atoms with van der Waals surface area (Å²) in [5.41, 5.74) is -2.08. The lowest BCUT2D eigenvalue weighted by molar-refractivity contribution is -0.141. The smallest absolute Gasteiger partial charge is 0.385 e. The summed E-state index contributed by atoms with van der Waals surface area (Å²) in [6.07, 6.45) is -1.38. The molecule has 3 nitrogen and oxygen atoms in total. The molecule has 3 rings (SSSR count). The molecule has 1 aromatic rings. The molecule has 1 aromatic heterocycles. The van der Waals surface area contributed by atoms with Gasteiger partial charge in [0.15, 0.2) is 0 Å². The fraction of sp³-hybridized carbons (Fsp3) is 0.615. The van der Waals surface area contributed by atoms with Crippen LogP contribution in [-0.2, 0) is 22.6 Å². The summed E-state index contributed by atoms with van der Waals surface area (Å²) in [4.78, 5) is 3.31. The van der Waals surface area contributed by atoms with Gasteiger partial charge in [0.1, 0.15) is 5.69 Å². The van der Waals surface area contributed by atoms with Crippen molar-refractivity contribution in [3.63, 3.8) is 0 Å². The number of nitrogens with zero attached hydrogens (tertiary/aromatic N) is 1. The van der Waals surface area contributed by atoms with Crippen LogP contribution in [0.25, 0.3) is 0 Å². The van der Waals surface area contributed by atoms with Crippen LogP contribution in [0.15, 0.2) is 18.3 Å². The fourth-order valence-corrected chi connectivity index (χ4v) is 5.35. The minimum atomic E-state index is -4.52. The predicted molar refractivity (Wildman–Crippen MR) is 67.3 cm³/mol. The topological polar surface area (TPSA) is 50.2 Å². The Morgan fingerprint density at radius 1 is 1.30 bits per heavy atom. The molecule has 2 atom stereocenters. The van der Waals surface area contributed by atoms with E-state index in [1.54, 1.807) is 0 Å². The van der Waals surface area contributed by atoms with Gasteiger partial charge in [0.25, 0.3) is 0 Å². The number of alkyl halides is 3. The number of fused-ring (bicyclic) bond motifs is 2. The summed E-state index contributed by atoms with van der Waals surface area (Å²) >= 11 is 0. The van der Waals surface area contributed by atoms with Gasteiger partial charge in [-0.3, -0.25) is 9.19 Å². The van der Waals surface area contributed by atoms with Gasteiger partial charge in [-0.05, 0) is 43.4 Å². The zero-order chi connectivity index (χ0) is 14.5. The Balaban J connectivity index is 1.95. The first kappa shape index (κ1) is 14.0. The molecule has 2 aliphatic heterocycles. The van der Waals surface area contributed by atoms with Gasteiger partial charge in [0.05, 0.1) is 5.60 Å². The minimum absolute atomic E-state index is 0.110. The summed E-state index contributed by atoms with van der Waals surface area (Å²) in [6, 6.07) is 2.33. The van der Waals surface area contributed by atoms with Crippen LogP contribution in [0.2, 0.25) is 0 Å². The monoisotopic (exact) mass is 305 g/mol. The number of rotatable bonds is 1. The average Bonchev–Trinajstić information content (AvgIpc) is 2.62. The van der Waals surface area contributed by atoms with Gasteiger partial charge in [-0.15, -0.1) is 0 Å². The van der Waals surface area contributed by atoms with Gasteiger partial charge in [-0.1, -0.05) is 0 Å². The van der Waals surface area contributed by atoms with Crippen LogP contribution < -0.4 is 0 Å². The molecule has 2 unspecified atom stereocenters. The highest BCUT2D eigenvalue weighted by molar-refractivity contribution is 7.86. The number of pyridine rings is 1. The molecule has 0 amide bonds. The second-order valence-corrected chi connectivity index (χ2v) is 7.51. The van der Waals surface area contributed by atoms with Crippen LogP contribution in [0.3, 0.4) is 0 Å². The van der Waals surface area contributed by atoms with Gasteiger partial charge >= 0.3 is 6.18 Å². The quantitative estimate of drug-likeness (QED) is 0.866. The van der Waals surface area contributed by atoms with E-state index in [0.29, 0.717) is 0 Å². The van der Waals surface area contributed by atoms with E-state index in [2.05, 4.69) is 4.98 Å². The molecule has 2 bridgehead atoms. The normalized spacial score (nSPS) is 37.1. The SMILES string of the molecule is O=S1C2CCC1CC(O)(c1ccnc(C(F)(F)F)c1)C2. The zero-order valence-electron chi connectivity index (χ0n) is 10.6. The highest BCUT2D eigenvalue weighted by atomic mass is 32.2.